The van der Waals surface area contributed by atoms with Gasteiger partial charge in [0.25, 0.3) is 0 Å². The number of nitrogens with zero attached hydrogens (tertiary/aromatic N) is 3. The van der Waals surface area contributed by atoms with Gasteiger partial charge in [0.05, 0.1) is 18.3 Å². The summed E-state index contributed by atoms with van der Waals surface area (Å²) in [5.41, 5.74) is 3.73. The monoisotopic (exact) mass is 458 g/mol. The average Bonchev–Trinajstić information content (AvgIpc) is 3.45. The van der Waals surface area contributed by atoms with E-state index in [1.54, 1.807) is 18.3 Å². The van der Waals surface area contributed by atoms with E-state index in [0.29, 0.717) is 11.7 Å². The van der Waals surface area contributed by atoms with Gasteiger partial charge in [-0.15, -0.1) is 0 Å². The Labute approximate surface area is 197 Å². The van der Waals surface area contributed by atoms with E-state index in [-0.39, 0.29) is 17.9 Å². The summed E-state index contributed by atoms with van der Waals surface area (Å²) in [6, 6.07) is 24.0. The molecule has 0 spiro atoms. The number of nitrogens with one attached hydrogen (secondary N) is 1. The molecule has 0 aliphatic carbocycles. The molecule has 1 fully saturated rings. The standard InChI is InChI=1S/C26H23FN4OS/c1-2-32-21-14-12-20(13-15-21)31-25(24(29-26(31)33)22-6-3-4-16-28-22)23-7-5-17-30(23)19-10-8-18(27)9-11-19/h3-17,24-25H,2H2,1H3,(H,29,33). The van der Waals surface area contributed by atoms with Crippen LogP contribution < -0.4 is 15.0 Å². The van der Waals surface area contributed by atoms with Gasteiger partial charge < -0.3 is 19.5 Å². The summed E-state index contributed by atoms with van der Waals surface area (Å²) >= 11 is 5.81. The lowest BCUT2D eigenvalue weighted by Gasteiger charge is -2.29. The van der Waals surface area contributed by atoms with Crippen LogP contribution in [0.2, 0.25) is 0 Å². The Balaban J connectivity index is 1.62. The van der Waals surface area contributed by atoms with Gasteiger partial charge in [0.15, 0.2) is 5.11 Å². The van der Waals surface area contributed by atoms with E-state index in [2.05, 4.69) is 25.8 Å². The summed E-state index contributed by atoms with van der Waals surface area (Å²) in [5.74, 6) is 0.547. The zero-order valence-corrected chi connectivity index (χ0v) is 18.9. The summed E-state index contributed by atoms with van der Waals surface area (Å²) in [6.07, 6.45) is 3.77. The molecule has 166 valence electrons. The molecule has 33 heavy (non-hydrogen) atoms. The number of anilines is 1. The Morgan fingerprint density at radius 2 is 1.73 bits per heavy atom. The second kappa shape index (κ2) is 9.03. The fourth-order valence-corrected chi connectivity index (χ4v) is 4.62. The summed E-state index contributed by atoms with van der Waals surface area (Å²) < 4.78 is 21.3. The first kappa shape index (κ1) is 21.2. The first-order valence-electron chi connectivity index (χ1n) is 10.8. The highest BCUT2D eigenvalue weighted by atomic mass is 32.1. The lowest BCUT2D eigenvalue weighted by Crippen LogP contribution is -2.30. The molecule has 1 aliphatic rings. The Bertz CT molecular complexity index is 1240. The minimum atomic E-state index is -0.265. The van der Waals surface area contributed by atoms with Crippen LogP contribution in [0, 0.1) is 5.82 Å². The average molecular weight is 459 g/mol. The van der Waals surface area contributed by atoms with Gasteiger partial charge >= 0.3 is 0 Å². The Hall–Kier alpha value is -3.71. The van der Waals surface area contributed by atoms with Crippen LogP contribution in [-0.2, 0) is 0 Å². The first-order chi connectivity index (χ1) is 16.2. The van der Waals surface area contributed by atoms with Gasteiger partial charge in [-0.1, -0.05) is 6.07 Å². The molecule has 0 saturated carbocycles. The van der Waals surface area contributed by atoms with Crippen LogP contribution in [0.25, 0.3) is 5.69 Å². The normalized spacial score (nSPS) is 17.8. The Morgan fingerprint density at radius 3 is 2.42 bits per heavy atom. The molecule has 2 atom stereocenters. The molecule has 0 radical (unpaired) electrons. The summed E-state index contributed by atoms with van der Waals surface area (Å²) in [4.78, 5) is 6.72. The highest BCUT2D eigenvalue weighted by Crippen LogP contribution is 2.42. The van der Waals surface area contributed by atoms with Crippen LogP contribution in [0.4, 0.5) is 10.1 Å². The number of hydrogen-bond donors (Lipinski definition) is 1. The molecule has 2 aromatic heterocycles. The van der Waals surface area contributed by atoms with Gasteiger partial charge in [0.1, 0.15) is 17.6 Å². The maximum atomic E-state index is 13.6. The second-order valence-electron chi connectivity index (χ2n) is 7.70. The van der Waals surface area contributed by atoms with Gasteiger partial charge in [-0.3, -0.25) is 4.98 Å². The highest BCUT2D eigenvalue weighted by molar-refractivity contribution is 7.80. The predicted molar refractivity (Wildman–Crippen MR) is 131 cm³/mol. The van der Waals surface area contributed by atoms with Crippen molar-refractivity contribution in [3.05, 3.63) is 108 Å². The number of pyridine rings is 1. The van der Waals surface area contributed by atoms with Crippen LogP contribution >= 0.6 is 12.2 Å². The molecule has 4 aromatic rings. The molecule has 1 N–H and O–H groups in total. The number of hydrogen-bond acceptors (Lipinski definition) is 3. The van der Waals surface area contributed by atoms with Gasteiger partial charge in [0.2, 0.25) is 0 Å². The van der Waals surface area contributed by atoms with Crippen molar-refractivity contribution in [1.29, 1.82) is 0 Å². The quantitative estimate of drug-likeness (QED) is 0.382. The number of benzene rings is 2. The van der Waals surface area contributed by atoms with Crippen molar-refractivity contribution < 1.29 is 9.13 Å². The topological polar surface area (TPSA) is 42.3 Å². The third kappa shape index (κ3) is 4.07. The van der Waals surface area contributed by atoms with E-state index >= 15 is 0 Å². The van der Waals surface area contributed by atoms with Crippen molar-refractivity contribution in [3.8, 4) is 11.4 Å². The lowest BCUT2D eigenvalue weighted by molar-refractivity contribution is 0.340. The third-order valence-electron chi connectivity index (χ3n) is 5.71. The number of ether oxygens (including phenoxy) is 1. The molecule has 1 aliphatic heterocycles. The maximum Gasteiger partial charge on any atom is 0.174 e. The lowest BCUT2D eigenvalue weighted by atomic mass is 10.0. The third-order valence-corrected chi connectivity index (χ3v) is 6.03. The maximum absolute atomic E-state index is 13.6. The SMILES string of the molecule is CCOc1ccc(N2C(=S)NC(c3ccccn3)C2c2cccn2-c2ccc(F)cc2)cc1. The van der Waals surface area contributed by atoms with E-state index in [0.717, 1.165) is 28.5 Å². The van der Waals surface area contributed by atoms with Gasteiger partial charge in [-0.05, 0) is 91.9 Å². The molecule has 2 unspecified atom stereocenters. The van der Waals surface area contributed by atoms with Gasteiger partial charge in [0, 0.05) is 29.5 Å². The number of rotatable bonds is 6. The molecular weight excluding hydrogens is 435 g/mol. The fourth-order valence-electron chi connectivity index (χ4n) is 4.28. The van der Waals surface area contributed by atoms with Crippen molar-refractivity contribution >= 4 is 23.0 Å². The molecular formula is C26H23FN4OS. The number of halogens is 1. The summed E-state index contributed by atoms with van der Waals surface area (Å²) in [7, 11) is 0. The van der Waals surface area contributed by atoms with Crippen molar-refractivity contribution in [2.75, 3.05) is 11.5 Å². The molecule has 0 amide bonds. The molecule has 7 heteroatoms. The minimum Gasteiger partial charge on any atom is -0.494 e. The largest absolute Gasteiger partial charge is 0.494 e. The molecule has 0 bridgehead atoms. The van der Waals surface area contributed by atoms with Crippen molar-refractivity contribution in [1.82, 2.24) is 14.9 Å². The van der Waals surface area contributed by atoms with Crippen molar-refractivity contribution in [3.63, 3.8) is 0 Å². The zero-order valence-electron chi connectivity index (χ0n) is 18.1. The molecule has 3 heterocycles. The van der Waals surface area contributed by atoms with Gasteiger partial charge in [-0.25, -0.2) is 4.39 Å². The van der Waals surface area contributed by atoms with Crippen LogP contribution in [0.5, 0.6) is 5.75 Å². The van der Waals surface area contributed by atoms with Crippen molar-refractivity contribution in [2.24, 2.45) is 0 Å². The van der Waals surface area contributed by atoms with E-state index in [1.165, 1.54) is 12.1 Å². The highest BCUT2D eigenvalue weighted by Gasteiger charge is 2.42. The Kier molecular flexibility index (Phi) is 5.79. The van der Waals surface area contributed by atoms with E-state index < -0.39 is 0 Å². The number of aromatic nitrogens is 2. The van der Waals surface area contributed by atoms with Crippen molar-refractivity contribution in [2.45, 2.75) is 19.0 Å². The molecule has 5 rings (SSSR count). The first-order valence-corrected chi connectivity index (χ1v) is 11.2. The summed E-state index contributed by atoms with van der Waals surface area (Å²) in [6.45, 7) is 2.57. The van der Waals surface area contributed by atoms with Gasteiger partial charge in [-0.2, -0.15) is 0 Å². The van der Waals surface area contributed by atoms with Crippen LogP contribution in [0.15, 0.2) is 91.3 Å². The van der Waals surface area contributed by atoms with E-state index in [4.69, 9.17) is 17.0 Å². The second-order valence-corrected chi connectivity index (χ2v) is 8.09. The summed E-state index contributed by atoms with van der Waals surface area (Å²) in [5, 5.41) is 4.09. The zero-order chi connectivity index (χ0) is 22.8. The minimum absolute atomic E-state index is 0.167. The molecule has 1 saturated heterocycles. The van der Waals surface area contributed by atoms with E-state index in [1.807, 2.05) is 61.7 Å². The van der Waals surface area contributed by atoms with Crippen LogP contribution in [0.3, 0.4) is 0 Å². The Morgan fingerprint density at radius 1 is 0.970 bits per heavy atom. The van der Waals surface area contributed by atoms with Crippen LogP contribution in [-0.4, -0.2) is 21.3 Å². The van der Waals surface area contributed by atoms with Crippen LogP contribution in [0.1, 0.15) is 30.4 Å². The van der Waals surface area contributed by atoms with E-state index in [9.17, 15) is 4.39 Å². The molecule has 2 aromatic carbocycles. The number of thiocarbonyl (C=S) groups is 1. The fraction of sp³-hybridized carbons (Fsp3) is 0.154. The predicted octanol–water partition coefficient (Wildman–Crippen LogP) is 5.59. The molecule has 5 nitrogen and oxygen atoms in total. The smallest absolute Gasteiger partial charge is 0.174 e.